The van der Waals surface area contributed by atoms with Gasteiger partial charge in [-0.05, 0) is 62.0 Å². The van der Waals surface area contributed by atoms with Crippen molar-refractivity contribution in [3.63, 3.8) is 0 Å². The van der Waals surface area contributed by atoms with E-state index in [1.165, 1.54) is 0 Å². The van der Waals surface area contributed by atoms with Gasteiger partial charge in [0.15, 0.2) is 5.78 Å². The first kappa shape index (κ1) is 21.7. The molecule has 2 aromatic carbocycles. The highest BCUT2D eigenvalue weighted by atomic mass is 32.7. The van der Waals surface area contributed by atoms with Crippen LogP contribution in [0.15, 0.2) is 54.6 Å². The molecule has 0 bridgehead atoms. The van der Waals surface area contributed by atoms with E-state index >= 15 is 0 Å². The molecule has 5 nitrogen and oxygen atoms in total. The van der Waals surface area contributed by atoms with E-state index < -0.39 is 12.0 Å². The minimum Gasteiger partial charge on any atom is -0.489 e. The van der Waals surface area contributed by atoms with Gasteiger partial charge < -0.3 is 13.8 Å². The highest BCUT2D eigenvalue weighted by molar-refractivity contribution is 8.55. The molecule has 1 atom stereocenters. The van der Waals surface area contributed by atoms with Crippen LogP contribution in [0.25, 0.3) is 0 Å². The largest absolute Gasteiger partial charge is 0.489 e. The average molecular weight is 408 g/mol. The zero-order valence-electron chi connectivity index (χ0n) is 15.8. The van der Waals surface area contributed by atoms with Crippen LogP contribution in [-0.2, 0) is 20.2 Å². The Balaban J connectivity index is 1.96. The molecule has 1 unspecified atom stereocenters. The Morgan fingerprint density at radius 3 is 2.15 bits per heavy atom. The molecule has 7 heteroatoms. The van der Waals surface area contributed by atoms with Crippen molar-refractivity contribution in [3.05, 3.63) is 65.7 Å². The quantitative estimate of drug-likeness (QED) is 0.348. The van der Waals surface area contributed by atoms with Crippen LogP contribution < -0.4 is 4.74 Å². The Labute approximate surface area is 164 Å². The molecule has 0 radical (unpaired) electrons. The standard InChI is InChI=1S/C20H25O5PS/c1-4-24-26(22,25-5-2)27-16(3)20(21)18-11-13-19(14-12-18)23-15-17-9-7-6-8-10-17/h6-14,16H,4-5,15H2,1-3H3. The lowest BCUT2D eigenvalue weighted by molar-refractivity contribution is 0.0993. The van der Waals surface area contributed by atoms with Gasteiger partial charge in [-0.3, -0.25) is 4.79 Å². The number of ketones is 1. The predicted molar refractivity (Wildman–Crippen MR) is 109 cm³/mol. The van der Waals surface area contributed by atoms with Crippen molar-refractivity contribution in [1.82, 2.24) is 0 Å². The first-order chi connectivity index (χ1) is 13.0. The summed E-state index contributed by atoms with van der Waals surface area (Å²) in [6, 6.07) is 16.8. The minimum atomic E-state index is -3.33. The molecule has 27 heavy (non-hydrogen) atoms. The number of carbonyl (C=O) groups excluding carboxylic acids is 1. The Morgan fingerprint density at radius 2 is 1.59 bits per heavy atom. The summed E-state index contributed by atoms with van der Waals surface area (Å²) >= 11 is 0.941. The molecule has 0 spiro atoms. The van der Waals surface area contributed by atoms with Crippen LogP contribution in [0.1, 0.15) is 36.7 Å². The smallest absolute Gasteiger partial charge is 0.389 e. The van der Waals surface area contributed by atoms with Gasteiger partial charge in [0, 0.05) is 5.56 Å². The first-order valence-electron chi connectivity index (χ1n) is 8.86. The lowest BCUT2D eigenvalue weighted by Gasteiger charge is -2.19. The van der Waals surface area contributed by atoms with Crippen molar-refractivity contribution >= 4 is 24.0 Å². The number of Topliss-reactive ketones (excluding diaryl/α,β-unsaturated/α-hetero) is 1. The van der Waals surface area contributed by atoms with Crippen LogP contribution in [0, 0.1) is 0 Å². The molecule has 0 aliphatic heterocycles. The van der Waals surface area contributed by atoms with Gasteiger partial charge in [0.05, 0.1) is 18.5 Å². The Morgan fingerprint density at radius 1 is 1.00 bits per heavy atom. The zero-order valence-corrected chi connectivity index (χ0v) is 17.5. The van der Waals surface area contributed by atoms with E-state index in [-0.39, 0.29) is 19.0 Å². The molecule has 0 aliphatic rings. The fourth-order valence-corrected chi connectivity index (χ4v) is 6.24. The monoisotopic (exact) mass is 408 g/mol. The van der Waals surface area contributed by atoms with E-state index in [4.69, 9.17) is 13.8 Å². The van der Waals surface area contributed by atoms with Crippen LogP contribution in [0.4, 0.5) is 0 Å². The molecule has 2 aromatic rings. The molecule has 146 valence electrons. The number of ether oxygens (including phenoxy) is 1. The molecule has 0 saturated heterocycles. The third-order valence-corrected chi connectivity index (χ3v) is 7.91. The van der Waals surface area contributed by atoms with E-state index in [1.807, 2.05) is 30.3 Å². The SMILES string of the molecule is CCOP(=O)(OCC)SC(C)C(=O)c1ccc(OCc2ccccc2)cc1. The van der Waals surface area contributed by atoms with Crippen molar-refractivity contribution in [1.29, 1.82) is 0 Å². The highest BCUT2D eigenvalue weighted by Gasteiger charge is 2.31. The Hall–Kier alpha value is -1.59. The lowest BCUT2D eigenvalue weighted by atomic mass is 10.1. The summed E-state index contributed by atoms with van der Waals surface area (Å²) in [6.45, 7) is 2.85. The summed E-state index contributed by atoms with van der Waals surface area (Å²) in [4.78, 5) is 12.6. The summed E-state index contributed by atoms with van der Waals surface area (Å²) in [7, 11) is 0. The highest BCUT2D eigenvalue weighted by Crippen LogP contribution is 2.62. The fraction of sp³-hybridized carbons (Fsp3) is 0.350. The molecule has 0 aliphatic carbocycles. The molecular formula is C20H25O5PS. The molecule has 0 aromatic heterocycles. The summed E-state index contributed by atoms with van der Waals surface area (Å²) in [6.07, 6.45) is 0. The molecular weight excluding hydrogens is 383 g/mol. The van der Waals surface area contributed by atoms with Gasteiger partial charge in [-0.25, -0.2) is 4.57 Å². The van der Waals surface area contributed by atoms with Crippen LogP contribution in [0.3, 0.4) is 0 Å². The summed E-state index contributed by atoms with van der Waals surface area (Å²) < 4.78 is 28.8. The van der Waals surface area contributed by atoms with Crippen LogP contribution in [0.5, 0.6) is 5.75 Å². The third-order valence-electron chi connectivity index (χ3n) is 3.62. The van der Waals surface area contributed by atoms with Gasteiger partial charge in [0.2, 0.25) is 0 Å². The minimum absolute atomic E-state index is 0.130. The van der Waals surface area contributed by atoms with Gasteiger partial charge in [0.1, 0.15) is 12.4 Å². The van der Waals surface area contributed by atoms with Crippen molar-refractivity contribution in [3.8, 4) is 5.75 Å². The van der Waals surface area contributed by atoms with Crippen molar-refractivity contribution in [2.24, 2.45) is 0 Å². The molecule has 0 fully saturated rings. The van der Waals surface area contributed by atoms with E-state index in [9.17, 15) is 9.36 Å². The molecule has 0 amide bonds. The number of rotatable bonds is 11. The average Bonchev–Trinajstić information content (AvgIpc) is 2.67. The van der Waals surface area contributed by atoms with Crippen molar-refractivity contribution in [2.45, 2.75) is 32.6 Å². The second-order valence-electron chi connectivity index (χ2n) is 5.69. The van der Waals surface area contributed by atoms with Crippen LogP contribution in [0.2, 0.25) is 0 Å². The number of benzene rings is 2. The van der Waals surface area contributed by atoms with E-state index in [0.29, 0.717) is 17.9 Å². The van der Waals surface area contributed by atoms with Crippen molar-refractivity contribution in [2.75, 3.05) is 13.2 Å². The van der Waals surface area contributed by atoms with Crippen LogP contribution in [-0.4, -0.2) is 24.2 Å². The maximum absolute atomic E-state index is 12.6. The van der Waals surface area contributed by atoms with Gasteiger partial charge in [-0.1, -0.05) is 30.3 Å². The molecule has 2 rings (SSSR count). The fourth-order valence-electron chi connectivity index (χ4n) is 2.35. The molecule has 0 heterocycles. The second kappa shape index (κ2) is 10.7. The molecule has 0 saturated carbocycles. The second-order valence-corrected chi connectivity index (χ2v) is 10.00. The van der Waals surface area contributed by atoms with Gasteiger partial charge in [-0.15, -0.1) is 0 Å². The third kappa shape index (κ3) is 6.82. The predicted octanol–water partition coefficient (Wildman–Crippen LogP) is 5.75. The van der Waals surface area contributed by atoms with E-state index in [1.54, 1.807) is 45.0 Å². The van der Waals surface area contributed by atoms with E-state index in [2.05, 4.69) is 0 Å². The number of carbonyl (C=O) groups is 1. The van der Waals surface area contributed by atoms with Gasteiger partial charge in [-0.2, -0.15) is 0 Å². The Kier molecular flexibility index (Phi) is 8.58. The van der Waals surface area contributed by atoms with Crippen LogP contribution >= 0.6 is 18.2 Å². The van der Waals surface area contributed by atoms with E-state index in [0.717, 1.165) is 16.9 Å². The van der Waals surface area contributed by atoms with Gasteiger partial charge >= 0.3 is 6.80 Å². The summed E-state index contributed by atoms with van der Waals surface area (Å²) in [5, 5.41) is -0.551. The Bertz CT molecular complexity index is 754. The number of hydrogen-bond donors (Lipinski definition) is 0. The summed E-state index contributed by atoms with van der Waals surface area (Å²) in [5.41, 5.74) is 1.60. The number of hydrogen-bond acceptors (Lipinski definition) is 6. The summed E-state index contributed by atoms with van der Waals surface area (Å²) in [5.74, 6) is 0.555. The van der Waals surface area contributed by atoms with Crippen molar-refractivity contribution < 1.29 is 23.1 Å². The lowest BCUT2D eigenvalue weighted by Crippen LogP contribution is -2.14. The normalized spacial score (nSPS) is 12.6. The zero-order chi connectivity index (χ0) is 19.7. The maximum atomic E-state index is 12.6. The maximum Gasteiger partial charge on any atom is 0.389 e. The first-order valence-corrected chi connectivity index (χ1v) is 11.9. The van der Waals surface area contributed by atoms with Gasteiger partial charge in [0.25, 0.3) is 0 Å². The molecule has 0 N–H and O–H groups in total. The topological polar surface area (TPSA) is 61.8 Å².